The summed E-state index contributed by atoms with van der Waals surface area (Å²) in [4.78, 5) is 0. The fraction of sp³-hybridized carbons (Fsp3) is 0.385. The van der Waals surface area contributed by atoms with Crippen LogP contribution in [0.5, 0.6) is 5.75 Å². The summed E-state index contributed by atoms with van der Waals surface area (Å²) >= 11 is 5.51. The maximum absolute atomic E-state index is 8.88. The van der Waals surface area contributed by atoms with Gasteiger partial charge in [0, 0.05) is 5.54 Å². The van der Waals surface area contributed by atoms with Crippen molar-refractivity contribution in [2.75, 3.05) is 20.3 Å². The molecule has 0 amide bonds. The van der Waals surface area contributed by atoms with Crippen molar-refractivity contribution >= 4 is 11.6 Å². The number of halogens is 1. The Morgan fingerprint density at radius 1 is 1.35 bits per heavy atom. The number of aliphatic hydroxyl groups excluding tert-OH is 1. The highest BCUT2D eigenvalue weighted by atomic mass is 35.5. The minimum Gasteiger partial charge on any atom is -0.497 e. The first-order valence-electron chi connectivity index (χ1n) is 5.39. The van der Waals surface area contributed by atoms with E-state index < -0.39 is 0 Å². The van der Waals surface area contributed by atoms with E-state index in [1.54, 1.807) is 7.11 Å². The summed E-state index contributed by atoms with van der Waals surface area (Å²) in [7, 11) is 1.64. The van der Waals surface area contributed by atoms with Gasteiger partial charge in [0.1, 0.15) is 5.75 Å². The molecular weight excluding hydrogens is 240 g/mol. The number of hydrogen-bond donors (Lipinski definition) is 1. The molecule has 0 saturated heterocycles. The fourth-order valence-electron chi connectivity index (χ4n) is 1.28. The van der Waals surface area contributed by atoms with Crippen LogP contribution < -0.4 is 4.74 Å². The van der Waals surface area contributed by atoms with Crippen LogP contribution in [-0.2, 0) is 11.3 Å². The highest BCUT2D eigenvalue weighted by molar-refractivity contribution is 6.25. The van der Waals surface area contributed by atoms with Gasteiger partial charge in [0.05, 0.1) is 26.9 Å². The van der Waals surface area contributed by atoms with Crippen molar-refractivity contribution in [2.45, 2.75) is 13.0 Å². The van der Waals surface area contributed by atoms with Crippen molar-refractivity contribution in [3.8, 4) is 5.75 Å². The molecule has 4 heteroatoms. The van der Waals surface area contributed by atoms with Crippen LogP contribution in [0.15, 0.2) is 35.4 Å². The number of aliphatic hydroxyl groups is 1. The van der Waals surface area contributed by atoms with Crippen molar-refractivity contribution in [3.63, 3.8) is 0 Å². The van der Waals surface area contributed by atoms with Gasteiger partial charge in [-0.2, -0.15) is 0 Å². The van der Waals surface area contributed by atoms with Gasteiger partial charge in [-0.05, 0) is 29.7 Å². The van der Waals surface area contributed by atoms with Crippen LogP contribution in [0.1, 0.15) is 12.0 Å². The Morgan fingerprint density at radius 3 is 2.59 bits per heavy atom. The number of benzene rings is 1. The van der Waals surface area contributed by atoms with Gasteiger partial charge in [-0.1, -0.05) is 23.7 Å². The van der Waals surface area contributed by atoms with Gasteiger partial charge in [-0.3, -0.25) is 0 Å². The smallest absolute Gasteiger partial charge is 0.118 e. The second-order valence-corrected chi connectivity index (χ2v) is 3.79. The first kappa shape index (κ1) is 14.0. The van der Waals surface area contributed by atoms with Crippen LogP contribution in [0.25, 0.3) is 0 Å². The van der Waals surface area contributed by atoms with Crippen LogP contribution in [0.4, 0.5) is 0 Å². The number of hydrogen-bond acceptors (Lipinski definition) is 3. The average molecular weight is 257 g/mol. The lowest BCUT2D eigenvalue weighted by molar-refractivity contribution is 0.121. The molecule has 0 unspecified atom stereocenters. The van der Waals surface area contributed by atoms with Gasteiger partial charge in [0.15, 0.2) is 0 Å². The first-order valence-corrected chi connectivity index (χ1v) is 5.83. The molecule has 0 saturated carbocycles. The molecule has 0 aliphatic rings. The summed E-state index contributed by atoms with van der Waals surface area (Å²) in [5, 5.41) is 8.88. The molecule has 0 radical (unpaired) electrons. The molecule has 0 fully saturated rings. The van der Waals surface area contributed by atoms with E-state index in [4.69, 9.17) is 26.2 Å². The van der Waals surface area contributed by atoms with Crippen molar-refractivity contribution in [3.05, 3.63) is 40.9 Å². The molecule has 0 aliphatic carbocycles. The zero-order chi connectivity index (χ0) is 12.5. The Hall–Kier alpha value is -1.03. The predicted molar refractivity (Wildman–Crippen MR) is 68.3 cm³/mol. The summed E-state index contributed by atoms with van der Waals surface area (Å²) < 4.78 is 10.5. The Morgan fingerprint density at radius 2 is 2.06 bits per heavy atom. The highest BCUT2D eigenvalue weighted by Gasteiger charge is 1.97. The molecule has 17 heavy (non-hydrogen) atoms. The van der Waals surface area contributed by atoms with E-state index in [0.29, 0.717) is 19.6 Å². The topological polar surface area (TPSA) is 38.7 Å². The van der Waals surface area contributed by atoms with Crippen LogP contribution in [0, 0.1) is 0 Å². The molecule has 1 rings (SSSR count). The molecule has 0 spiro atoms. The van der Waals surface area contributed by atoms with Gasteiger partial charge in [-0.25, -0.2) is 0 Å². The zero-order valence-corrected chi connectivity index (χ0v) is 10.6. The highest BCUT2D eigenvalue weighted by Crippen LogP contribution is 2.12. The predicted octanol–water partition coefficient (Wildman–Crippen LogP) is 2.72. The summed E-state index contributed by atoms with van der Waals surface area (Å²) in [5.41, 5.74) is 3.27. The molecule has 94 valence electrons. The molecule has 1 aromatic carbocycles. The van der Waals surface area contributed by atoms with Crippen molar-refractivity contribution in [1.29, 1.82) is 0 Å². The molecular formula is C13H17ClO3. The number of ether oxygens (including phenoxy) is 2. The first-order chi connectivity index (χ1) is 8.30. The largest absolute Gasteiger partial charge is 0.497 e. The molecule has 0 aromatic heterocycles. The third kappa shape index (κ3) is 5.22. The maximum Gasteiger partial charge on any atom is 0.118 e. The Balaban J connectivity index is 2.26. The second-order valence-electron chi connectivity index (χ2n) is 3.58. The molecule has 3 nitrogen and oxygen atoms in total. The third-order valence-corrected chi connectivity index (χ3v) is 2.66. The number of rotatable bonds is 7. The fourth-order valence-corrected chi connectivity index (χ4v) is 1.46. The lowest BCUT2D eigenvalue weighted by atomic mass is 10.2. The summed E-state index contributed by atoms with van der Waals surface area (Å²) in [6.07, 6.45) is 0.649. The number of methoxy groups -OCH3 is 1. The van der Waals surface area contributed by atoms with Gasteiger partial charge in [-0.15, -0.1) is 0 Å². The van der Waals surface area contributed by atoms with Crippen molar-refractivity contribution in [1.82, 2.24) is 0 Å². The Labute approximate surface area is 107 Å². The quantitative estimate of drug-likeness (QED) is 0.763. The summed E-state index contributed by atoms with van der Waals surface area (Å²) in [6.45, 7) is 1.07. The van der Waals surface area contributed by atoms with E-state index in [1.807, 2.05) is 24.3 Å². The van der Waals surface area contributed by atoms with E-state index in [2.05, 4.69) is 0 Å². The van der Waals surface area contributed by atoms with E-state index in [1.165, 1.54) is 5.54 Å². The minimum absolute atomic E-state index is 0.0185. The second kappa shape index (κ2) is 8.12. The maximum atomic E-state index is 8.88. The minimum atomic E-state index is -0.0185. The molecule has 1 N–H and O–H groups in total. The Bertz CT molecular complexity index is 346. The van der Waals surface area contributed by atoms with E-state index >= 15 is 0 Å². The van der Waals surface area contributed by atoms with Crippen LogP contribution >= 0.6 is 11.6 Å². The van der Waals surface area contributed by atoms with Crippen molar-refractivity contribution in [2.24, 2.45) is 0 Å². The SMILES string of the molecule is COc1ccc(COCCC(=CCl)CO)cc1. The van der Waals surface area contributed by atoms with Gasteiger partial charge in [0.25, 0.3) is 0 Å². The van der Waals surface area contributed by atoms with Gasteiger partial charge >= 0.3 is 0 Å². The van der Waals surface area contributed by atoms with E-state index in [9.17, 15) is 0 Å². The van der Waals surface area contributed by atoms with E-state index in [-0.39, 0.29) is 6.61 Å². The van der Waals surface area contributed by atoms with Crippen molar-refractivity contribution < 1.29 is 14.6 Å². The Kier molecular flexibility index (Phi) is 6.70. The normalized spacial score (nSPS) is 11.6. The zero-order valence-electron chi connectivity index (χ0n) is 9.86. The monoisotopic (exact) mass is 256 g/mol. The lowest BCUT2D eigenvalue weighted by Crippen LogP contribution is -1.99. The molecule has 0 aliphatic heterocycles. The molecule has 1 aromatic rings. The summed E-state index contributed by atoms with van der Waals surface area (Å²) in [6, 6.07) is 7.72. The molecule has 0 bridgehead atoms. The summed E-state index contributed by atoms with van der Waals surface area (Å²) in [5.74, 6) is 0.835. The van der Waals surface area contributed by atoms with Gasteiger partial charge < -0.3 is 14.6 Å². The molecule has 0 heterocycles. The van der Waals surface area contributed by atoms with Crippen LogP contribution in [0.2, 0.25) is 0 Å². The molecule has 0 atom stereocenters. The third-order valence-electron chi connectivity index (χ3n) is 2.35. The van der Waals surface area contributed by atoms with E-state index in [0.717, 1.165) is 16.9 Å². The van der Waals surface area contributed by atoms with Gasteiger partial charge in [0.2, 0.25) is 0 Å². The standard InChI is InChI=1S/C13H17ClO3/c1-16-13-4-2-11(3-5-13)10-17-7-6-12(8-14)9-15/h2-5,8,15H,6-7,9-10H2,1H3. The van der Waals surface area contributed by atoms with Crippen LogP contribution in [0.3, 0.4) is 0 Å². The lowest BCUT2D eigenvalue weighted by Gasteiger charge is -2.06. The average Bonchev–Trinajstić information content (AvgIpc) is 2.40. The van der Waals surface area contributed by atoms with Crippen LogP contribution in [-0.4, -0.2) is 25.4 Å².